The summed E-state index contributed by atoms with van der Waals surface area (Å²) in [5, 5.41) is 2.97. The topological polar surface area (TPSA) is 86.8 Å². The Morgan fingerprint density at radius 2 is 1.39 bits per heavy atom. The maximum Gasteiger partial charge on any atom is 0.264 e. The third-order valence-corrected chi connectivity index (χ3v) is 9.30. The van der Waals surface area contributed by atoms with Crippen LogP contribution >= 0.6 is 0 Å². The minimum Gasteiger partial charge on any atom is -0.354 e. The normalized spacial score (nSPS) is 11.9. The van der Waals surface area contributed by atoms with Crippen molar-refractivity contribution < 1.29 is 18.0 Å². The maximum absolute atomic E-state index is 14.5. The van der Waals surface area contributed by atoms with Crippen LogP contribution in [0.1, 0.15) is 41.2 Å². The van der Waals surface area contributed by atoms with Gasteiger partial charge >= 0.3 is 0 Å². The summed E-state index contributed by atoms with van der Waals surface area (Å²) in [6, 6.07) is 30.1. The smallest absolute Gasteiger partial charge is 0.264 e. The molecule has 0 aliphatic heterocycles. The van der Waals surface area contributed by atoms with Gasteiger partial charge in [0, 0.05) is 19.5 Å². The first-order chi connectivity index (χ1) is 21.1. The fraction of sp³-hybridized carbons (Fsp3) is 0.278. The van der Waals surface area contributed by atoms with Crippen molar-refractivity contribution in [2.45, 2.75) is 58.0 Å². The molecule has 8 heteroatoms. The molecular formula is C36H41N3O4S. The Hall–Kier alpha value is -4.43. The summed E-state index contributed by atoms with van der Waals surface area (Å²) in [6.45, 7) is 7.86. The number of nitrogens with zero attached hydrogens (tertiary/aromatic N) is 2. The largest absolute Gasteiger partial charge is 0.354 e. The Balaban J connectivity index is 1.81. The van der Waals surface area contributed by atoms with Gasteiger partial charge in [-0.05, 0) is 62.1 Å². The second-order valence-corrected chi connectivity index (χ2v) is 13.0. The Morgan fingerprint density at radius 1 is 0.773 bits per heavy atom. The molecule has 1 atom stereocenters. The molecule has 4 aromatic rings. The molecule has 0 bridgehead atoms. The summed E-state index contributed by atoms with van der Waals surface area (Å²) in [7, 11) is -4.13. The zero-order valence-electron chi connectivity index (χ0n) is 25.9. The molecule has 0 saturated heterocycles. The molecule has 7 nitrogen and oxygen atoms in total. The van der Waals surface area contributed by atoms with Gasteiger partial charge in [0.1, 0.15) is 12.6 Å². The Bertz CT molecular complexity index is 1660. The number of anilines is 1. The number of carbonyl (C=O) groups excluding carboxylic acids is 2. The van der Waals surface area contributed by atoms with Gasteiger partial charge in [0.2, 0.25) is 11.8 Å². The van der Waals surface area contributed by atoms with Gasteiger partial charge < -0.3 is 10.2 Å². The summed E-state index contributed by atoms with van der Waals surface area (Å²) in [5.74, 6) is -0.752. The summed E-state index contributed by atoms with van der Waals surface area (Å²) >= 11 is 0. The van der Waals surface area contributed by atoms with Gasteiger partial charge in [0.15, 0.2) is 0 Å². The lowest BCUT2D eigenvalue weighted by Gasteiger charge is -2.34. The SMILES string of the molecule is CCCNC(=O)[C@H](Cc1ccccc1)N(Cc1ccc(C)cc1)C(=O)CN(c1ccc(C)cc1C)S(=O)(=O)c1ccccc1. The Labute approximate surface area is 261 Å². The fourth-order valence-corrected chi connectivity index (χ4v) is 6.63. The van der Waals surface area contributed by atoms with Gasteiger partial charge in [0.25, 0.3) is 10.0 Å². The molecule has 0 saturated carbocycles. The predicted molar refractivity (Wildman–Crippen MR) is 176 cm³/mol. The van der Waals surface area contributed by atoms with E-state index in [2.05, 4.69) is 5.32 Å². The van der Waals surface area contributed by atoms with Crippen LogP contribution in [0.15, 0.2) is 108 Å². The third kappa shape index (κ3) is 8.14. The highest BCUT2D eigenvalue weighted by Crippen LogP contribution is 2.28. The van der Waals surface area contributed by atoms with Gasteiger partial charge in [-0.1, -0.05) is 103 Å². The van der Waals surface area contributed by atoms with Crippen LogP contribution in [0.25, 0.3) is 0 Å². The molecule has 1 N–H and O–H groups in total. The molecule has 0 aliphatic rings. The molecule has 0 radical (unpaired) electrons. The second-order valence-electron chi connectivity index (χ2n) is 11.1. The summed E-state index contributed by atoms with van der Waals surface area (Å²) in [6.07, 6.45) is 1.02. The van der Waals surface area contributed by atoms with Crippen LogP contribution in [0, 0.1) is 20.8 Å². The average Bonchev–Trinajstić information content (AvgIpc) is 3.02. The van der Waals surface area contributed by atoms with Crippen LogP contribution in [0.4, 0.5) is 5.69 Å². The third-order valence-electron chi connectivity index (χ3n) is 7.52. The zero-order chi connectivity index (χ0) is 31.7. The molecule has 0 unspecified atom stereocenters. The molecular weight excluding hydrogens is 570 g/mol. The van der Waals surface area contributed by atoms with E-state index < -0.39 is 28.5 Å². The average molecular weight is 612 g/mol. The number of rotatable bonds is 13. The molecule has 0 heterocycles. The Morgan fingerprint density at radius 3 is 2.00 bits per heavy atom. The number of hydrogen-bond donors (Lipinski definition) is 1. The zero-order valence-corrected chi connectivity index (χ0v) is 26.7. The molecule has 0 aromatic heterocycles. The maximum atomic E-state index is 14.5. The van der Waals surface area contributed by atoms with Crippen molar-refractivity contribution in [3.63, 3.8) is 0 Å². The fourth-order valence-electron chi connectivity index (χ4n) is 5.13. The molecule has 230 valence electrons. The lowest BCUT2D eigenvalue weighted by Crippen LogP contribution is -2.53. The van der Waals surface area contributed by atoms with Crippen molar-refractivity contribution in [1.82, 2.24) is 10.2 Å². The molecule has 2 amide bonds. The summed E-state index contributed by atoms with van der Waals surface area (Å²) < 4.78 is 29.4. The highest BCUT2D eigenvalue weighted by Gasteiger charge is 2.35. The molecule has 4 aromatic carbocycles. The van der Waals surface area contributed by atoms with E-state index in [1.807, 2.05) is 94.4 Å². The quantitative estimate of drug-likeness (QED) is 0.202. The lowest BCUT2D eigenvalue weighted by molar-refractivity contribution is -0.140. The van der Waals surface area contributed by atoms with Crippen molar-refractivity contribution in [2.75, 3.05) is 17.4 Å². The van der Waals surface area contributed by atoms with Gasteiger partial charge in [-0.2, -0.15) is 0 Å². The molecule has 0 aliphatic carbocycles. The van der Waals surface area contributed by atoms with E-state index in [9.17, 15) is 18.0 Å². The predicted octanol–water partition coefficient (Wildman–Crippen LogP) is 5.97. The first kappa shape index (κ1) is 32.5. The molecule has 0 fully saturated rings. The van der Waals surface area contributed by atoms with E-state index in [4.69, 9.17) is 0 Å². The summed E-state index contributed by atoms with van der Waals surface area (Å²) in [5.41, 5.74) is 4.93. The summed E-state index contributed by atoms with van der Waals surface area (Å²) in [4.78, 5) is 29.8. The molecule has 44 heavy (non-hydrogen) atoms. The van der Waals surface area contributed by atoms with Crippen molar-refractivity contribution in [2.24, 2.45) is 0 Å². The van der Waals surface area contributed by atoms with Crippen LogP contribution < -0.4 is 9.62 Å². The van der Waals surface area contributed by atoms with Crippen molar-refractivity contribution in [3.8, 4) is 0 Å². The number of aryl methyl sites for hydroxylation is 3. The van der Waals surface area contributed by atoms with Crippen LogP contribution in [0.5, 0.6) is 0 Å². The first-order valence-electron chi connectivity index (χ1n) is 14.9. The van der Waals surface area contributed by atoms with Crippen molar-refractivity contribution >= 4 is 27.5 Å². The number of sulfonamides is 1. The van der Waals surface area contributed by atoms with E-state index in [1.54, 1.807) is 24.3 Å². The van der Waals surface area contributed by atoms with Crippen LogP contribution in [0.3, 0.4) is 0 Å². The van der Waals surface area contributed by atoms with E-state index in [-0.39, 0.29) is 23.8 Å². The van der Waals surface area contributed by atoms with Crippen LogP contribution in [-0.2, 0) is 32.6 Å². The van der Waals surface area contributed by atoms with E-state index >= 15 is 0 Å². The second kappa shape index (κ2) is 14.8. The monoisotopic (exact) mass is 611 g/mol. The van der Waals surface area contributed by atoms with Gasteiger partial charge in [-0.3, -0.25) is 13.9 Å². The molecule has 0 spiro atoms. The molecule has 4 rings (SSSR count). The van der Waals surface area contributed by atoms with E-state index in [1.165, 1.54) is 21.3 Å². The minimum atomic E-state index is -4.13. The number of amides is 2. The van der Waals surface area contributed by atoms with Crippen molar-refractivity contribution in [3.05, 3.63) is 131 Å². The highest BCUT2D eigenvalue weighted by molar-refractivity contribution is 7.92. The van der Waals surface area contributed by atoms with Crippen LogP contribution in [-0.4, -0.2) is 44.3 Å². The highest BCUT2D eigenvalue weighted by atomic mass is 32.2. The number of benzene rings is 4. The van der Waals surface area contributed by atoms with E-state index in [0.29, 0.717) is 12.2 Å². The number of carbonyl (C=O) groups is 2. The van der Waals surface area contributed by atoms with Gasteiger partial charge in [-0.25, -0.2) is 8.42 Å². The minimum absolute atomic E-state index is 0.0828. The lowest BCUT2D eigenvalue weighted by atomic mass is 10.0. The number of nitrogens with one attached hydrogen (secondary N) is 1. The first-order valence-corrected chi connectivity index (χ1v) is 16.4. The van der Waals surface area contributed by atoms with Crippen molar-refractivity contribution in [1.29, 1.82) is 0 Å². The number of hydrogen-bond acceptors (Lipinski definition) is 4. The Kier molecular flexibility index (Phi) is 11.0. The van der Waals surface area contributed by atoms with Gasteiger partial charge in [0.05, 0.1) is 10.6 Å². The van der Waals surface area contributed by atoms with E-state index in [0.717, 1.165) is 34.2 Å². The van der Waals surface area contributed by atoms with Gasteiger partial charge in [-0.15, -0.1) is 0 Å². The van der Waals surface area contributed by atoms with Crippen LogP contribution in [0.2, 0.25) is 0 Å². The standard InChI is InChI=1S/C36H41N3O4S/c1-5-22-37-36(41)34(24-30-12-8-6-9-13-30)38(25-31-19-16-27(2)17-20-31)35(40)26-39(33-21-18-28(3)23-29(33)4)44(42,43)32-14-10-7-11-15-32/h6-21,23,34H,5,22,24-26H2,1-4H3,(H,37,41)/t34-/m0/s1.